The molecule has 7 nitrogen and oxygen atoms in total. The van der Waals surface area contributed by atoms with Gasteiger partial charge in [0.15, 0.2) is 6.61 Å². The molecule has 1 heterocycles. The van der Waals surface area contributed by atoms with E-state index in [1.807, 2.05) is 32.0 Å². The number of nitrogens with zero attached hydrogens (tertiary/aromatic N) is 1. The number of hydrogen-bond acceptors (Lipinski definition) is 6. The van der Waals surface area contributed by atoms with Gasteiger partial charge in [0.2, 0.25) is 5.78 Å². The van der Waals surface area contributed by atoms with E-state index in [4.69, 9.17) is 32.7 Å². The molecule has 0 N–H and O–H groups in total. The third-order valence-corrected chi connectivity index (χ3v) is 6.90. The van der Waals surface area contributed by atoms with Crippen LogP contribution in [0.5, 0.6) is 11.5 Å². The molecule has 5 rings (SSSR count). The number of imide groups is 1. The number of hydrogen-bond donors (Lipinski definition) is 0. The minimum atomic E-state index is -0.826. The molecule has 1 aliphatic rings. The van der Waals surface area contributed by atoms with Gasteiger partial charge in [-0.1, -0.05) is 35.3 Å². The summed E-state index contributed by atoms with van der Waals surface area (Å²) in [6, 6.07) is 20.9. The topological polar surface area (TPSA) is 90.0 Å². The summed E-state index contributed by atoms with van der Waals surface area (Å²) >= 11 is 11.9. The van der Waals surface area contributed by atoms with Crippen molar-refractivity contribution in [2.45, 2.75) is 13.8 Å². The fraction of sp³-hybridized carbons (Fsp3) is 0.0968. The second-order valence-corrected chi connectivity index (χ2v) is 10.0. The Morgan fingerprint density at radius 1 is 0.800 bits per heavy atom. The smallest absolute Gasteiger partial charge is 0.338 e. The van der Waals surface area contributed by atoms with Crippen LogP contribution in [-0.4, -0.2) is 30.2 Å². The molecule has 0 saturated heterocycles. The lowest BCUT2D eigenvalue weighted by Gasteiger charge is -2.15. The van der Waals surface area contributed by atoms with E-state index in [1.165, 1.54) is 36.4 Å². The van der Waals surface area contributed by atoms with Gasteiger partial charge in [-0.05, 0) is 91.7 Å². The van der Waals surface area contributed by atoms with Crippen LogP contribution >= 0.6 is 23.2 Å². The highest BCUT2D eigenvalue weighted by Gasteiger charge is 2.37. The number of amides is 2. The van der Waals surface area contributed by atoms with E-state index in [1.54, 1.807) is 24.3 Å². The third-order valence-electron chi connectivity index (χ3n) is 6.35. The Morgan fingerprint density at radius 2 is 1.52 bits per heavy atom. The van der Waals surface area contributed by atoms with Gasteiger partial charge in [-0.15, -0.1) is 0 Å². The number of benzene rings is 4. The molecule has 4 aromatic carbocycles. The van der Waals surface area contributed by atoms with Gasteiger partial charge in [0, 0.05) is 10.6 Å². The van der Waals surface area contributed by atoms with E-state index < -0.39 is 30.2 Å². The molecular formula is C31H21Cl2NO6. The lowest BCUT2D eigenvalue weighted by atomic mass is 10.1. The van der Waals surface area contributed by atoms with Gasteiger partial charge in [0.25, 0.3) is 11.8 Å². The monoisotopic (exact) mass is 573 g/mol. The van der Waals surface area contributed by atoms with Crippen molar-refractivity contribution in [3.8, 4) is 11.5 Å². The highest BCUT2D eigenvalue weighted by atomic mass is 35.5. The molecule has 9 heteroatoms. The first-order chi connectivity index (χ1) is 19.1. The Hall–Kier alpha value is -4.46. The zero-order valence-corrected chi connectivity index (χ0v) is 22.9. The summed E-state index contributed by atoms with van der Waals surface area (Å²) in [5, 5.41) is 0.506. The molecule has 0 aromatic heterocycles. The summed E-state index contributed by atoms with van der Waals surface area (Å²) in [6.45, 7) is 3.35. The first-order valence-corrected chi connectivity index (χ1v) is 12.9. The second kappa shape index (κ2) is 11.0. The van der Waals surface area contributed by atoms with Crippen LogP contribution < -0.4 is 9.64 Å². The van der Waals surface area contributed by atoms with Gasteiger partial charge in [-0.2, -0.15) is 0 Å². The van der Waals surface area contributed by atoms with Crippen molar-refractivity contribution >= 4 is 52.5 Å². The molecule has 0 unspecified atom stereocenters. The van der Waals surface area contributed by atoms with Gasteiger partial charge < -0.3 is 9.47 Å². The fourth-order valence-electron chi connectivity index (χ4n) is 4.22. The minimum absolute atomic E-state index is 0.0222. The summed E-state index contributed by atoms with van der Waals surface area (Å²) in [4.78, 5) is 52.4. The molecule has 1 aliphatic heterocycles. The average Bonchev–Trinajstić information content (AvgIpc) is 3.18. The van der Waals surface area contributed by atoms with Gasteiger partial charge in [-0.3, -0.25) is 14.4 Å². The number of fused-ring (bicyclic) bond motifs is 1. The number of anilines is 1. The Morgan fingerprint density at radius 3 is 2.25 bits per heavy atom. The van der Waals surface area contributed by atoms with Crippen LogP contribution in [0, 0.1) is 13.8 Å². The maximum atomic E-state index is 13.2. The van der Waals surface area contributed by atoms with Gasteiger partial charge >= 0.3 is 5.97 Å². The van der Waals surface area contributed by atoms with E-state index in [0.29, 0.717) is 22.2 Å². The predicted octanol–water partition coefficient (Wildman–Crippen LogP) is 7.24. The number of ether oxygens (including phenoxy) is 2. The Bertz CT molecular complexity index is 1700. The number of carbonyl (C=O) groups excluding carboxylic acids is 4. The van der Waals surface area contributed by atoms with Crippen molar-refractivity contribution in [2.75, 3.05) is 11.5 Å². The van der Waals surface area contributed by atoms with Crippen molar-refractivity contribution in [3.63, 3.8) is 0 Å². The van der Waals surface area contributed by atoms with E-state index in [0.717, 1.165) is 16.0 Å². The summed E-state index contributed by atoms with van der Waals surface area (Å²) in [6.07, 6.45) is 0. The van der Waals surface area contributed by atoms with Crippen molar-refractivity contribution < 1.29 is 28.7 Å². The zero-order chi connectivity index (χ0) is 28.6. The normalized spacial score (nSPS) is 12.3. The van der Waals surface area contributed by atoms with Crippen molar-refractivity contribution in [1.29, 1.82) is 0 Å². The molecule has 0 bridgehead atoms. The molecule has 4 aromatic rings. The molecule has 0 aliphatic carbocycles. The molecule has 40 heavy (non-hydrogen) atoms. The maximum absolute atomic E-state index is 13.2. The van der Waals surface area contributed by atoms with Gasteiger partial charge in [-0.25, -0.2) is 9.69 Å². The Labute approximate surface area is 239 Å². The van der Waals surface area contributed by atoms with Crippen LogP contribution in [0.3, 0.4) is 0 Å². The largest absolute Gasteiger partial charge is 0.457 e. The SMILES string of the molecule is Cc1ccc(C)c(Oc2ccc(N3C(=O)c4ccc(C(=O)OCC(=O)c5ccc(Cl)cc5Cl)cc4C3=O)cc2)c1. The number of carbonyl (C=O) groups is 4. The zero-order valence-electron chi connectivity index (χ0n) is 21.4. The third kappa shape index (κ3) is 5.34. The predicted molar refractivity (Wildman–Crippen MR) is 151 cm³/mol. The summed E-state index contributed by atoms with van der Waals surface area (Å²) in [5.41, 5.74) is 2.79. The fourth-order valence-corrected chi connectivity index (χ4v) is 4.73. The average molecular weight is 574 g/mol. The van der Waals surface area contributed by atoms with E-state index in [2.05, 4.69) is 0 Å². The van der Waals surface area contributed by atoms with Crippen LogP contribution in [0.1, 0.15) is 52.6 Å². The van der Waals surface area contributed by atoms with E-state index in [-0.39, 0.29) is 27.3 Å². The standard InChI is InChI=1S/C31H21Cl2NO6/c1-17-3-4-18(2)28(13-17)40-22-9-7-21(8-10-22)34-29(36)23-11-5-19(14-25(23)30(34)37)31(38)39-16-27(35)24-12-6-20(32)15-26(24)33/h3-15H,16H2,1-2H3. The molecular weight excluding hydrogens is 553 g/mol. The van der Waals surface area contributed by atoms with E-state index >= 15 is 0 Å². The summed E-state index contributed by atoms with van der Waals surface area (Å²) in [5.74, 6) is -1.18. The molecule has 0 fully saturated rings. The molecule has 0 radical (unpaired) electrons. The minimum Gasteiger partial charge on any atom is -0.457 e. The number of halogens is 2. The molecule has 2 amide bonds. The quantitative estimate of drug-likeness (QED) is 0.131. The van der Waals surface area contributed by atoms with Crippen molar-refractivity contribution in [3.05, 3.63) is 122 Å². The Kier molecular flexibility index (Phi) is 7.43. The molecule has 200 valence electrons. The summed E-state index contributed by atoms with van der Waals surface area (Å²) in [7, 11) is 0. The first kappa shape index (κ1) is 27.1. The van der Waals surface area contributed by atoms with E-state index in [9.17, 15) is 19.2 Å². The summed E-state index contributed by atoms with van der Waals surface area (Å²) < 4.78 is 11.1. The lowest BCUT2D eigenvalue weighted by Crippen LogP contribution is -2.29. The number of aryl methyl sites for hydroxylation is 2. The van der Waals surface area contributed by atoms with Crippen molar-refractivity contribution in [2.24, 2.45) is 0 Å². The molecule has 0 atom stereocenters. The van der Waals surface area contributed by atoms with Crippen LogP contribution in [0.4, 0.5) is 5.69 Å². The van der Waals surface area contributed by atoms with Gasteiger partial charge in [0.05, 0.1) is 27.4 Å². The van der Waals surface area contributed by atoms with Crippen LogP contribution in [0.15, 0.2) is 78.9 Å². The number of ketones is 1. The van der Waals surface area contributed by atoms with Crippen LogP contribution in [0.25, 0.3) is 0 Å². The number of Topliss-reactive ketones (excluding diaryl/α,β-unsaturated/α-hetero) is 1. The first-order valence-electron chi connectivity index (χ1n) is 12.2. The maximum Gasteiger partial charge on any atom is 0.338 e. The number of esters is 1. The van der Waals surface area contributed by atoms with Crippen molar-refractivity contribution in [1.82, 2.24) is 0 Å². The second-order valence-electron chi connectivity index (χ2n) is 9.19. The highest BCUT2D eigenvalue weighted by molar-refractivity contribution is 6.37. The molecule has 0 spiro atoms. The highest BCUT2D eigenvalue weighted by Crippen LogP contribution is 2.32. The lowest BCUT2D eigenvalue weighted by molar-refractivity contribution is 0.0474. The molecule has 0 saturated carbocycles. The van der Waals surface area contributed by atoms with Crippen LogP contribution in [0.2, 0.25) is 10.0 Å². The van der Waals surface area contributed by atoms with Crippen LogP contribution in [-0.2, 0) is 4.74 Å². The number of rotatable bonds is 7. The van der Waals surface area contributed by atoms with Gasteiger partial charge in [0.1, 0.15) is 11.5 Å². The Balaban J connectivity index is 1.29.